The van der Waals surface area contributed by atoms with Gasteiger partial charge in [0.15, 0.2) is 0 Å². The van der Waals surface area contributed by atoms with Crippen molar-refractivity contribution in [2.75, 3.05) is 13.1 Å². The monoisotopic (exact) mass is 307 g/mol. The summed E-state index contributed by atoms with van der Waals surface area (Å²) in [5, 5.41) is 10.2. The number of phenolic OH excluding ortho intramolecular Hbond substituents is 1. The number of benzene rings is 2. The van der Waals surface area contributed by atoms with Crippen LogP contribution in [0.1, 0.15) is 41.9 Å². The van der Waals surface area contributed by atoms with Crippen LogP contribution in [-0.2, 0) is 12.8 Å². The fourth-order valence-electron chi connectivity index (χ4n) is 4.57. The number of phenols is 1. The molecule has 1 aliphatic carbocycles. The Morgan fingerprint density at radius 3 is 2.74 bits per heavy atom. The van der Waals surface area contributed by atoms with Crippen molar-refractivity contribution in [3.8, 4) is 5.75 Å². The molecule has 0 spiro atoms. The van der Waals surface area contributed by atoms with Gasteiger partial charge in [-0.05, 0) is 67.3 Å². The molecule has 0 bridgehead atoms. The first-order chi connectivity index (χ1) is 11.3. The van der Waals surface area contributed by atoms with Crippen LogP contribution >= 0.6 is 0 Å². The van der Waals surface area contributed by atoms with Gasteiger partial charge in [-0.2, -0.15) is 0 Å². The molecule has 2 nitrogen and oxygen atoms in total. The molecule has 23 heavy (non-hydrogen) atoms. The predicted molar refractivity (Wildman–Crippen MR) is 93.9 cm³/mol. The lowest BCUT2D eigenvalue weighted by Crippen LogP contribution is -2.47. The molecule has 0 aromatic heterocycles. The summed E-state index contributed by atoms with van der Waals surface area (Å²) in [5.41, 5.74) is 4.05. The third-order valence-corrected chi connectivity index (χ3v) is 5.70. The van der Waals surface area contributed by atoms with E-state index in [1.54, 1.807) is 0 Å². The summed E-state index contributed by atoms with van der Waals surface area (Å²) in [6, 6.07) is 17.6. The molecule has 1 saturated heterocycles. The summed E-state index contributed by atoms with van der Waals surface area (Å²) in [5.74, 6) is 1.11. The Balaban J connectivity index is 1.51. The quantitative estimate of drug-likeness (QED) is 0.921. The fraction of sp³-hybridized carbons (Fsp3) is 0.429. The van der Waals surface area contributed by atoms with Gasteiger partial charge in [0.25, 0.3) is 0 Å². The third kappa shape index (κ3) is 2.88. The van der Waals surface area contributed by atoms with E-state index in [2.05, 4.69) is 41.3 Å². The molecular weight excluding hydrogens is 282 g/mol. The first-order valence-electron chi connectivity index (χ1n) is 8.91. The van der Waals surface area contributed by atoms with Gasteiger partial charge in [0.1, 0.15) is 5.75 Å². The van der Waals surface area contributed by atoms with Crippen LogP contribution in [-0.4, -0.2) is 29.1 Å². The molecule has 2 aromatic carbocycles. The largest absolute Gasteiger partial charge is 0.508 e. The van der Waals surface area contributed by atoms with Gasteiger partial charge in [-0.25, -0.2) is 0 Å². The highest BCUT2D eigenvalue weighted by Crippen LogP contribution is 2.43. The van der Waals surface area contributed by atoms with E-state index in [9.17, 15) is 5.11 Å². The number of aromatic hydroxyl groups is 1. The maximum atomic E-state index is 10.2. The van der Waals surface area contributed by atoms with Crippen molar-refractivity contribution in [1.82, 2.24) is 4.90 Å². The molecule has 2 aliphatic rings. The highest BCUT2D eigenvalue weighted by molar-refractivity contribution is 5.44. The first kappa shape index (κ1) is 14.8. The Morgan fingerprint density at radius 1 is 1.00 bits per heavy atom. The molecule has 1 fully saturated rings. The second kappa shape index (κ2) is 6.37. The van der Waals surface area contributed by atoms with Crippen molar-refractivity contribution < 1.29 is 5.11 Å². The molecular formula is C21H25NO. The van der Waals surface area contributed by atoms with E-state index >= 15 is 0 Å². The number of hydrogen-bond acceptors (Lipinski definition) is 2. The SMILES string of the molecule is Oc1cccc2c1CC[C@H]1[C@H]2CCCN1CCc1ccccc1. The lowest BCUT2D eigenvalue weighted by molar-refractivity contribution is 0.113. The molecule has 0 saturated carbocycles. The number of rotatable bonds is 3. The molecule has 1 N–H and O–H groups in total. The van der Waals surface area contributed by atoms with E-state index in [0.29, 0.717) is 17.7 Å². The van der Waals surface area contributed by atoms with Gasteiger partial charge in [0.05, 0.1) is 0 Å². The van der Waals surface area contributed by atoms with E-state index in [-0.39, 0.29) is 0 Å². The van der Waals surface area contributed by atoms with Crippen LogP contribution in [0.3, 0.4) is 0 Å². The predicted octanol–water partition coefficient (Wildman–Crippen LogP) is 4.13. The van der Waals surface area contributed by atoms with Crippen molar-refractivity contribution in [2.24, 2.45) is 0 Å². The zero-order chi connectivity index (χ0) is 15.6. The van der Waals surface area contributed by atoms with Gasteiger partial charge in [-0.15, -0.1) is 0 Å². The van der Waals surface area contributed by atoms with Crippen molar-refractivity contribution >= 4 is 0 Å². The number of fused-ring (bicyclic) bond motifs is 3. The first-order valence-corrected chi connectivity index (χ1v) is 8.91. The topological polar surface area (TPSA) is 23.5 Å². The maximum absolute atomic E-state index is 10.2. The van der Waals surface area contributed by atoms with E-state index in [4.69, 9.17) is 0 Å². The van der Waals surface area contributed by atoms with Crippen molar-refractivity contribution in [3.05, 3.63) is 65.2 Å². The Kier molecular flexibility index (Phi) is 4.09. The molecule has 2 aromatic rings. The van der Waals surface area contributed by atoms with Crippen molar-refractivity contribution in [2.45, 2.75) is 44.1 Å². The van der Waals surface area contributed by atoms with Crippen LogP contribution in [0.4, 0.5) is 0 Å². The lowest BCUT2D eigenvalue weighted by Gasteiger charge is -2.45. The highest BCUT2D eigenvalue weighted by Gasteiger charge is 2.36. The van der Waals surface area contributed by atoms with Gasteiger partial charge >= 0.3 is 0 Å². The number of nitrogens with zero attached hydrogens (tertiary/aromatic N) is 1. The normalized spacial score (nSPS) is 24.0. The molecule has 2 atom stereocenters. The summed E-state index contributed by atoms with van der Waals surface area (Å²) in [7, 11) is 0. The zero-order valence-electron chi connectivity index (χ0n) is 13.6. The Bertz CT molecular complexity index is 667. The van der Waals surface area contributed by atoms with Crippen molar-refractivity contribution in [3.63, 3.8) is 0 Å². The van der Waals surface area contributed by atoms with E-state index in [0.717, 1.165) is 19.4 Å². The highest BCUT2D eigenvalue weighted by atomic mass is 16.3. The molecule has 0 amide bonds. The second-order valence-corrected chi connectivity index (χ2v) is 6.97. The van der Waals surface area contributed by atoms with Gasteiger partial charge in [0.2, 0.25) is 0 Å². The fourth-order valence-corrected chi connectivity index (χ4v) is 4.57. The minimum Gasteiger partial charge on any atom is -0.508 e. The number of likely N-dealkylation sites (tertiary alicyclic amines) is 1. The summed E-state index contributed by atoms with van der Waals surface area (Å²) in [6.07, 6.45) is 5.88. The molecule has 4 rings (SSSR count). The average Bonchev–Trinajstić information content (AvgIpc) is 2.61. The van der Waals surface area contributed by atoms with E-state index < -0.39 is 0 Å². The van der Waals surface area contributed by atoms with Crippen LogP contribution in [0.5, 0.6) is 5.75 Å². The maximum Gasteiger partial charge on any atom is 0.119 e. The van der Waals surface area contributed by atoms with E-state index in [1.165, 1.54) is 42.5 Å². The molecule has 120 valence electrons. The minimum absolute atomic E-state index is 0.502. The molecule has 1 heterocycles. The van der Waals surface area contributed by atoms with Crippen LogP contribution in [0.25, 0.3) is 0 Å². The zero-order valence-corrected chi connectivity index (χ0v) is 13.6. The minimum atomic E-state index is 0.502. The molecule has 0 radical (unpaired) electrons. The summed E-state index contributed by atoms with van der Waals surface area (Å²) in [6.45, 7) is 2.38. The van der Waals surface area contributed by atoms with E-state index in [1.807, 2.05) is 12.1 Å². The molecule has 0 unspecified atom stereocenters. The smallest absolute Gasteiger partial charge is 0.119 e. The molecule has 1 aliphatic heterocycles. The summed E-state index contributed by atoms with van der Waals surface area (Å²) >= 11 is 0. The number of piperidine rings is 1. The van der Waals surface area contributed by atoms with Crippen LogP contribution in [0.15, 0.2) is 48.5 Å². The standard InChI is InChI=1S/C21H25NO/c23-21-10-4-8-17-18-9-5-14-22(20(18)12-11-19(17)21)15-13-16-6-2-1-3-7-16/h1-4,6-8,10,18,20,23H,5,9,11-15H2/t18-,20-/m0/s1. The van der Waals surface area contributed by atoms with Crippen LogP contribution in [0.2, 0.25) is 0 Å². The molecule has 2 heteroatoms. The van der Waals surface area contributed by atoms with Gasteiger partial charge in [0, 0.05) is 12.6 Å². The Labute approximate surface area is 138 Å². The summed E-state index contributed by atoms with van der Waals surface area (Å²) in [4.78, 5) is 2.70. The van der Waals surface area contributed by atoms with Gasteiger partial charge in [-0.1, -0.05) is 42.5 Å². The average molecular weight is 307 g/mol. The van der Waals surface area contributed by atoms with Gasteiger partial charge in [-0.3, -0.25) is 4.90 Å². The number of hydrogen-bond donors (Lipinski definition) is 1. The Morgan fingerprint density at radius 2 is 1.87 bits per heavy atom. The Hall–Kier alpha value is -1.80. The van der Waals surface area contributed by atoms with Crippen LogP contribution < -0.4 is 0 Å². The third-order valence-electron chi connectivity index (χ3n) is 5.70. The lowest BCUT2D eigenvalue weighted by atomic mass is 9.74. The second-order valence-electron chi connectivity index (χ2n) is 6.97. The van der Waals surface area contributed by atoms with Crippen LogP contribution in [0, 0.1) is 0 Å². The van der Waals surface area contributed by atoms with Crippen molar-refractivity contribution in [1.29, 1.82) is 0 Å². The van der Waals surface area contributed by atoms with Gasteiger partial charge < -0.3 is 5.11 Å². The summed E-state index contributed by atoms with van der Waals surface area (Å²) < 4.78 is 0.